The van der Waals surface area contributed by atoms with Crippen molar-refractivity contribution in [3.05, 3.63) is 0 Å². The van der Waals surface area contributed by atoms with Crippen LogP contribution in [0, 0.1) is 16.7 Å². The Hall–Kier alpha value is -1.57. The Kier molecular flexibility index (Phi) is 4.64. The first-order chi connectivity index (χ1) is 9.59. The van der Waals surface area contributed by atoms with Gasteiger partial charge >= 0.3 is 0 Å². The van der Waals surface area contributed by atoms with Gasteiger partial charge in [-0.25, -0.2) is 0 Å². The predicted octanol–water partition coefficient (Wildman–Crippen LogP) is 1.72. The molecule has 0 aromatic rings. The minimum atomic E-state index is -0.920. The van der Waals surface area contributed by atoms with E-state index in [9.17, 15) is 14.9 Å². The lowest BCUT2D eigenvalue weighted by Gasteiger charge is -2.37. The molecule has 0 bridgehead atoms. The van der Waals surface area contributed by atoms with Crippen LogP contribution in [0.4, 0.5) is 0 Å². The largest absolute Gasteiger partial charge is 0.368 e. The number of nitrogens with zero attached hydrogens (tertiary/aromatic N) is 2. The quantitative estimate of drug-likeness (QED) is 0.848. The Morgan fingerprint density at radius 1 is 1.15 bits per heavy atom. The molecule has 0 aromatic carbocycles. The van der Waals surface area contributed by atoms with Gasteiger partial charge in [-0.1, -0.05) is 32.1 Å². The summed E-state index contributed by atoms with van der Waals surface area (Å²) in [5.41, 5.74) is 4.38. The van der Waals surface area contributed by atoms with Crippen LogP contribution in [0.15, 0.2) is 0 Å². The second-order valence-corrected chi connectivity index (χ2v) is 6.09. The zero-order valence-corrected chi connectivity index (χ0v) is 11.9. The molecule has 2 N–H and O–H groups in total. The molecule has 0 aliphatic heterocycles. The van der Waals surface area contributed by atoms with Gasteiger partial charge in [-0.2, -0.15) is 5.26 Å². The van der Waals surface area contributed by atoms with Gasteiger partial charge in [-0.3, -0.25) is 9.59 Å². The summed E-state index contributed by atoms with van der Waals surface area (Å²) in [6.07, 6.45) is 8.12. The Bertz CT molecular complexity index is 415. The number of primary amides is 1. The maximum Gasteiger partial charge on any atom is 0.243 e. The van der Waals surface area contributed by atoms with Crippen LogP contribution in [0.5, 0.6) is 0 Å². The van der Waals surface area contributed by atoms with E-state index in [4.69, 9.17) is 5.73 Å². The Morgan fingerprint density at radius 3 is 2.25 bits per heavy atom. The second kappa shape index (κ2) is 6.25. The molecule has 2 saturated carbocycles. The average molecular weight is 277 g/mol. The van der Waals surface area contributed by atoms with E-state index in [2.05, 4.69) is 6.07 Å². The molecule has 0 radical (unpaired) electrons. The number of amides is 2. The molecule has 5 heteroatoms. The Morgan fingerprint density at radius 2 is 1.75 bits per heavy atom. The van der Waals surface area contributed by atoms with E-state index in [1.54, 1.807) is 4.90 Å². The first kappa shape index (κ1) is 14.8. The summed E-state index contributed by atoms with van der Waals surface area (Å²) in [5, 5.41) is 9.52. The topological polar surface area (TPSA) is 87.2 Å². The molecule has 5 nitrogen and oxygen atoms in total. The van der Waals surface area contributed by atoms with Crippen molar-refractivity contribution >= 4 is 11.8 Å². The van der Waals surface area contributed by atoms with Gasteiger partial charge < -0.3 is 10.6 Å². The number of nitrogens with two attached hydrogens (primary N) is 1. The summed E-state index contributed by atoms with van der Waals surface area (Å²) in [5.74, 6) is -0.653. The minimum Gasteiger partial charge on any atom is -0.368 e. The van der Waals surface area contributed by atoms with Crippen molar-refractivity contribution in [2.75, 3.05) is 6.54 Å². The average Bonchev–Trinajstić information content (AvgIpc) is 2.98. The summed E-state index contributed by atoms with van der Waals surface area (Å²) in [6, 6.07) is 2.34. The molecular formula is C15H23N3O2. The Labute approximate surface area is 120 Å². The van der Waals surface area contributed by atoms with Crippen LogP contribution < -0.4 is 5.73 Å². The highest BCUT2D eigenvalue weighted by molar-refractivity contribution is 5.89. The molecule has 2 rings (SSSR count). The highest BCUT2D eigenvalue weighted by Crippen LogP contribution is 2.39. The van der Waals surface area contributed by atoms with Crippen molar-refractivity contribution in [2.45, 2.75) is 63.8 Å². The van der Waals surface area contributed by atoms with E-state index in [0.29, 0.717) is 12.8 Å². The fourth-order valence-corrected chi connectivity index (χ4v) is 3.55. The predicted molar refractivity (Wildman–Crippen MR) is 74.3 cm³/mol. The van der Waals surface area contributed by atoms with Crippen molar-refractivity contribution < 1.29 is 9.59 Å². The fraction of sp³-hybridized carbons (Fsp3) is 0.800. The first-order valence-electron chi connectivity index (χ1n) is 7.60. The molecule has 0 aromatic heterocycles. The summed E-state index contributed by atoms with van der Waals surface area (Å²) in [6.45, 7) is -0.0487. The van der Waals surface area contributed by atoms with Crippen molar-refractivity contribution in [1.29, 1.82) is 5.26 Å². The normalized spacial score (nSPS) is 22.1. The van der Waals surface area contributed by atoms with Gasteiger partial charge in [0.15, 0.2) is 0 Å². The number of hydrogen-bond acceptors (Lipinski definition) is 3. The molecule has 2 amide bonds. The molecule has 0 saturated heterocycles. The lowest BCUT2D eigenvalue weighted by Crippen LogP contribution is -2.51. The van der Waals surface area contributed by atoms with Crippen LogP contribution >= 0.6 is 0 Å². The third-order valence-electron chi connectivity index (χ3n) is 4.68. The van der Waals surface area contributed by atoms with E-state index in [1.807, 2.05) is 0 Å². The van der Waals surface area contributed by atoms with Crippen LogP contribution in [0.1, 0.15) is 57.8 Å². The molecule has 2 aliphatic carbocycles. The van der Waals surface area contributed by atoms with E-state index < -0.39 is 11.3 Å². The molecule has 2 fully saturated rings. The van der Waals surface area contributed by atoms with Gasteiger partial charge in [0, 0.05) is 6.04 Å². The minimum absolute atomic E-state index is 0.0487. The third kappa shape index (κ3) is 2.95. The summed E-state index contributed by atoms with van der Waals surface area (Å²) >= 11 is 0. The van der Waals surface area contributed by atoms with Crippen LogP contribution in [0.25, 0.3) is 0 Å². The number of rotatable bonds is 4. The van der Waals surface area contributed by atoms with E-state index in [-0.39, 0.29) is 18.5 Å². The van der Waals surface area contributed by atoms with Gasteiger partial charge in [0.1, 0.15) is 5.41 Å². The van der Waals surface area contributed by atoms with Crippen molar-refractivity contribution in [3.63, 3.8) is 0 Å². The first-order valence-corrected chi connectivity index (χ1v) is 7.60. The Balaban J connectivity index is 2.19. The zero-order valence-electron chi connectivity index (χ0n) is 11.9. The molecule has 0 heterocycles. The van der Waals surface area contributed by atoms with Gasteiger partial charge in [0.2, 0.25) is 11.8 Å². The van der Waals surface area contributed by atoms with Crippen molar-refractivity contribution in [2.24, 2.45) is 11.1 Å². The molecule has 0 spiro atoms. The number of carbonyl (C=O) groups is 2. The van der Waals surface area contributed by atoms with Crippen LogP contribution in [-0.2, 0) is 9.59 Å². The smallest absolute Gasteiger partial charge is 0.243 e. The molecule has 110 valence electrons. The summed E-state index contributed by atoms with van der Waals surface area (Å²) in [4.78, 5) is 25.8. The maximum atomic E-state index is 12.9. The summed E-state index contributed by atoms with van der Waals surface area (Å²) in [7, 11) is 0. The molecule has 2 aliphatic rings. The van der Waals surface area contributed by atoms with Gasteiger partial charge in [0.05, 0.1) is 12.6 Å². The standard InChI is InChI=1S/C15H23N3O2/c16-11-15(8-4-1-5-9-15)14(20)18(10-13(17)19)12-6-2-3-7-12/h12H,1-10H2,(H2,17,19). The van der Waals surface area contributed by atoms with Gasteiger partial charge in [0.25, 0.3) is 0 Å². The zero-order chi connectivity index (χ0) is 14.6. The highest BCUT2D eigenvalue weighted by atomic mass is 16.2. The van der Waals surface area contributed by atoms with E-state index in [0.717, 1.165) is 44.9 Å². The molecule has 20 heavy (non-hydrogen) atoms. The summed E-state index contributed by atoms with van der Waals surface area (Å²) < 4.78 is 0. The van der Waals surface area contributed by atoms with Crippen LogP contribution in [-0.4, -0.2) is 29.3 Å². The van der Waals surface area contributed by atoms with Crippen molar-refractivity contribution in [1.82, 2.24) is 4.90 Å². The molecule has 0 atom stereocenters. The van der Waals surface area contributed by atoms with Gasteiger partial charge in [-0.15, -0.1) is 0 Å². The number of hydrogen-bond donors (Lipinski definition) is 1. The lowest BCUT2D eigenvalue weighted by atomic mass is 9.74. The number of carbonyl (C=O) groups excluding carboxylic acids is 2. The van der Waals surface area contributed by atoms with Crippen molar-refractivity contribution in [3.8, 4) is 6.07 Å². The lowest BCUT2D eigenvalue weighted by molar-refractivity contribution is -0.145. The monoisotopic (exact) mass is 277 g/mol. The highest BCUT2D eigenvalue weighted by Gasteiger charge is 2.44. The molecular weight excluding hydrogens is 254 g/mol. The second-order valence-electron chi connectivity index (χ2n) is 6.09. The van der Waals surface area contributed by atoms with E-state index in [1.165, 1.54) is 0 Å². The SMILES string of the molecule is N#CC1(C(=O)N(CC(N)=O)C2CCCC2)CCCCC1. The third-order valence-corrected chi connectivity index (χ3v) is 4.68. The number of nitriles is 1. The maximum absolute atomic E-state index is 12.9. The molecule has 0 unspecified atom stereocenters. The van der Waals surface area contributed by atoms with E-state index >= 15 is 0 Å². The van der Waals surface area contributed by atoms with Gasteiger partial charge in [-0.05, 0) is 25.7 Å². The van der Waals surface area contributed by atoms with Crippen LogP contribution in [0.2, 0.25) is 0 Å². The van der Waals surface area contributed by atoms with Crippen LogP contribution in [0.3, 0.4) is 0 Å². The fourth-order valence-electron chi connectivity index (χ4n) is 3.55.